The summed E-state index contributed by atoms with van der Waals surface area (Å²) in [5, 5.41) is 2.73. The van der Waals surface area contributed by atoms with Gasteiger partial charge in [0.25, 0.3) is 0 Å². The molecule has 0 saturated carbocycles. The maximum atomic E-state index is 10.9. The molecule has 0 bridgehead atoms. The van der Waals surface area contributed by atoms with E-state index in [1.807, 2.05) is 18.2 Å². The maximum Gasteiger partial charge on any atom is 0.407 e. The molecule has 6 heteroatoms. The Balaban J connectivity index is 0.00000112. The van der Waals surface area contributed by atoms with Crippen LogP contribution in [-0.4, -0.2) is 12.7 Å². The summed E-state index contributed by atoms with van der Waals surface area (Å²) < 4.78 is 6.78. The molecule has 0 unspecified atom stereocenters. The molecule has 0 spiro atoms. The van der Waals surface area contributed by atoms with Gasteiger partial charge in [0.05, 0.1) is 6.04 Å². The summed E-state index contributed by atoms with van der Waals surface area (Å²) in [6, 6.07) is 5.77. The predicted octanol–water partition coefficient (Wildman–Crippen LogP) is 3.41. The summed E-state index contributed by atoms with van der Waals surface area (Å²) in [6.45, 7) is 0.383. The SMILES string of the molecule is Cl.O=C1N[C@@H](c2cc(Br)ccc2Br)CO1. The summed E-state index contributed by atoms with van der Waals surface area (Å²) in [7, 11) is 0. The van der Waals surface area contributed by atoms with Gasteiger partial charge in [-0.05, 0) is 23.8 Å². The second-order valence-corrected chi connectivity index (χ2v) is 4.73. The average molecular weight is 357 g/mol. The highest BCUT2D eigenvalue weighted by Crippen LogP contribution is 2.28. The van der Waals surface area contributed by atoms with Crippen LogP contribution in [0.2, 0.25) is 0 Å². The van der Waals surface area contributed by atoms with Crippen molar-refractivity contribution in [3.8, 4) is 0 Å². The highest BCUT2D eigenvalue weighted by Gasteiger charge is 2.25. The summed E-state index contributed by atoms with van der Waals surface area (Å²) in [6.07, 6.45) is -0.359. The highest BCUT2D eigenvalue weighted by atomic mass is 79.9. The number of hydrogen-bond acceptors (Lipinski definition) is 2. The quantitative estimate of drug-likeness (QED) is 0.836. The van der Waals surface area contributed by atoms with Crippen molar-refractivity contribution in [1.29, 1.82) is 0 Å². The lowest BCUT2D eigenvalue weighted by Gasteiger charge is -2.10. The van der Waals surface area contributed by atoms with E-state index in [-0.39, 0.29) is 24.5 Å². The molecule has 1 aliphatic rings. The smallest absolute Gasteiger partial charge is 0.407 e. The molecule has 1 N–H and O–H groups in total. The minimum absolute atomic E-state index is 0. The summed E-state index contributed by atoms with van der Waals surface area (Å²) in [4.78, 5) is 10.9. The van der Waals surface area contributed by atoms with Crippen molar-refractivity contribution in [1.82, 2.24) is 5.32 Å². The van der Waals surface area contributed by atoms with E-state index in [1.165, 1.54) is 0 Å². The summed E-state index contributed by atoms with van der Waals surface area (Å²) in [5.41, 5.74) is 1.02. The largest absolute Gasteiger partial charge is 0.447 e. The molecule has 1 amide bonds. The zero-order valence-corrected chi connectivity index (χ0v) is 11.5. The van der Waals surface area contributed by atoms with Crippen LogP contribution >= 0.6 is 44.3 Å². The van der Waals surface area contributed by atoms with Crippen molar-refractivity contribution in [3.63, 3.8) is 0 Å². The topological polar surface area (TPSA) is 38.3 Å². The zero-order chi connectivity index (χ0) is 10.1. The molecular formula is C9H8Br2ClNO2. The Hall–Kier alpha value is -0.260. The van der Waals surface area contributed by atoms with Crippen molar-refractivity contribution in [2.75, 3.05) is 6.61 Å². The fourth-order valence-corrected chi connectivity index (χ4v) is 2.24. The van der Waals surface area contributed by atoms with Crippen LogP contribution in [-0.2, 0) is 4.74 Å². The lowest BCUT2D eigenvalue weighted by atomic mass is 10.1. The van der Waals surface area contributed by atoms with Crippen molar-refractivity contribution < 1.29 is 9.53 Å². The van der Waals surface area contributed by atoms with E-state index in [0.717, 1.165) is 14.5 Å². The molecule has 1 aliphatic heterocycles. The second kappa shape index (κ2) is 5.18. The Morgan fingerprint density at radius 2 is 2.13 bits per heavy atom. The number of carbonyl (C=O) groups is 1. The normalized spacial score (nSPS) is 19.1. The second-order valence-electron chi connectivity index (χ2n) is 2.96. The lowest BCUT2D eigenvalue weighted by molar-refractivity contribution is 0.177. The Morgan fingerprint density at radius 1 is 1.40 bits per heavy atom. The molecule has 1 fully saturated rings. The van der Waals surface area contributed by atoms with Crippen LogP contribution in [0.1, 0.15) is 11.6 Å². The molecule has 1 aromatic carbocycles. The van der Waals surface area contributed by atoms with E-state index in [1.54, 1.807) is 0 Å². The number of cyclic esters (lactones) is 1. The minimum Gasteiger partial charge on any atom is -0.447 e. The third kappa shape index (κ3) is 2.86. The molecule has 0 aromatic heterocycles. The van der Waals surface area contributed by atoms with Crippen LogP contribution in [0, 0.1) is 0 Å². The molecule has 1 aromatic rings. The first-order valence-corrected chi connectivity index (χ1v) is 5.63. The Labute approximate surface area is 110 Å². The van der Waals surface area contributed by atoms with Gasteiger partial charge in [-0.25, -0.2) is 4.79 Å². The number of nitrogens with one attached hydrogen (secondary N) is 1. The fourth-order valence-electron chi connectivity index (χ4n) is 1.33. The Morgan fingerprint density at radius 3 is 2.73 bits per heavy atom. The van der Waals surface area contributed by atoms with Gasteiger partial charge in [0.15, 0.2) is 0 Å². The van der Waals surface area contributed by atoms with E-state index < -0.39 is 0 Å². The predicted molar refractivity (Wildman–Crippen MR) is 66.3 cm³/mol. The standard InChI is InChI=1S/C9H7Br2NO2.ClH/c10-5-1-2-7(11)6(3-5)8-4-14-9(13)12-8;/h1-3,8H,4H2,(H,12,13);1H/t8-;/m1./s1. The molecule has 82 valence electrons. The third-order valence-electron chi connectivity index (χ3n) is 2.01. The van der Waals surface area contributed by atoms with Crippen molar-refractivity contribution in [3.05, 3.63) is 32.7 Å². The molecule has 1 saturated heterocycles. The fraction of sp³-hybridized carbons (Fsp3) is 0.222. The number of alkyl carbamates (subject to hydrolysis) is 1. The van der Waals surface area contributed by atoms with Crippen LogP contribution in [0.4, 0.5) is 4.79 Å². The monoisotopic (exact) mass is 355 g/mol. The van der Waals surface area contributed by atoms with Crippen LogP contribution in [0.15, 0.2) is 27.1 Å². The van der Waals surface area contributed by atoms with Crippen molar-refractivity contribution >= 4 is 50.4 Å². The van der Waals surface area contributed by atoms with Gasteiger partial charge in [-0.2, -0.15) is 0 Å². The van der Waals surface area contributed by atoms with E-state index in [2.05, 4.69) is 37.2 Å². The minimum atomic E-state index is -0.359. The number of carbonyl (C=O) groups excluding carboxylic acids is 1. The third-order valence-corrected chi connectivity index (χ3v) is 3.22. The van der Waals surface area contributed by atoms with Crippen LogP contribution < -0.4 is 5.32 Å². The van der Waals surface area contributed by atoms with Gasteiger partial charge in [0.1, 0.15) is 6.61 Å². The first-order chi connectivity index (χ1) is 6.66. The van der Waals surface area contributed by atoms with Crippen LogP contribution in [0.5, 0.6) is 0 Å². The number of benzene rings is 1. The van der Waals surface area contributed by atoms with Crippen molar-refractivity contribution in [2.24, 2.45) is 0 Å². The molecule has 15 heavy (non-hydrogen) atoms. The number of halogens is 3. The molecule has 3 nitrogen and oxygen atoms in total. The maximum absolute atomic E-state index is 10.9. The van der Waals surface area contributed by atoms with E-state index in [4.69, 9.17) is 4.74 Å². The molecule has 2 rings (SSSR count). The van der Waals surface area contributed by atoms with Gasteiger partial charge in [-0.1, -0.05) is 31.9 Å². The number of ether oxygens (including phenoxy) is 1. The van der Waals surface area contributed by atoms with E-state index in [9.17, 15) is 4.79 Å². The van der Waals surface area contributed by atoms with Gasteiger partial charge in [0, 0.05) is 8.95 Å². The summed E-state index contributed by atoms with van der Waals surface area (Å²) >= 11 is 6.82. The van der Waals surface area contributed by atoms with Crippen LogP contribution in [0.3, 0.4) is 0 Å². The van der Waals surface area contributed by atoms with Crippen molar-refractivity contribution in [2.45, 2.75) is 6.04 Å². The van der Waals surface area contributed by atoms with E-state index in [0.29, 0.717) is 6.61 Å². The van der Waals surface area contributed by atoms with Crippen LogP contribution in [0.25, 0.3) is 0 Å². The van der Waals surface area contributed by atoms with Gasteiger partial charge in [-0.3, -0.25) is 0 Å². The number of amides is 1. The molecule has 1 heterocycles. The zero-order valence-electron chi connectivity index (χ0n) is 7.50. The Bertz CT molecular complexity index is 386. The highest BCUT2D eigenvalue weighted by molar-refractivity contribution is 9.11. The summed E-state index contributed by atoms with van der Waals surface area (Å²) in [5.74, 6) is 0. The average Bonchev–Trinajstić information content (AvgIpc) is 2.56. The Kier molecular flexibility index (Phi) is 4.43. The van der Waals surface area contributed by atoms with Gasteiger partial charge in [-0.15, -0.1) is 12.4 Å². The first-order valence-electron chi connectivity index (χ1n) is 4.05. The van der Waals surface area contributed by atoms with Gasteiger partial charge >= 0.3 is 6.09 Å². The molecule has 0 radical (unpaired) electrons. The first kappa shape index (κ1) is 12.8. The molecule has 1 atom stereocenters. The number of rotatable bonds is 1. The molecular weight excluding hydrogens is 349 g/mol. The van der Waals surface area contributed by atoms with Gasteiger partial charge in [0.2, 0.25) is 0 Å². The molecule has 0 aliphatic carbocycles. The lowest BCUT2D eigenvalue weighted by Crippen LogP contribution is -2.18. The van der Waals surface area contributed by atoms with Gasteiger partial charge < -0.3 is 10.1 Å². The van der Waals surface area contributed by atoms with E-state index >= 15 is 0 Å². The number of hydrogen-bond donors (Lipinski definition) is 1.